The maximum atomic E-state index is 13.4. The molecule has 2 aromatic rings. The molecule has 1 saturated heterocycles. The predicted molar refractivity (Wildman–Crippen MR) is 112 cm³/mol. The van der Waals surface area contributed by atoms with Gasteiger partial charge in [0.15, 0.2) is 8.68 Å². The molecule has 1 fully saturated rings. The lowest BCUT2D eigenvalue weighted by molar-refractivity contribution is -0.129. The van der Waals surface area contributed by atoms with Crippen LogP contribution in [-0.2, 0) is 19.6 Å². The number of rotatable bonds is 8. The second-order valence-corrected chi connectivity index (χ2v) is 11.5. The first-order valence-corrected chi connectivity index (χ1v) is 12.9. The van der Waals surface area contributed by atoms with Gasteiger partial charge in [0.2, 0.25) is 21.8 Å². The molecule has 0 unspecified atom stereocenters. The molecule has 1 aromatic carbocycles. The number of piperazine rings is 1. The SMILES string of the molecule is NC(=O)CSc1nnc(SCC(=O)N2CCN(S(=O)(=O)c3cccc(F)c3)CC2)s1. The van der Waals surface area contributed by atoms with Gasteiger partial charge in [0.25, 0.3) is 0 Å². The Labute approximate surface area is 185 Å². The number of nitrogens with zero attached hydrogens (tertiary/aromatic N) is 4. The van der Waals surface area contributed by atoms with Crippen molar-refractivity contribution in [3.8, 4) is 0 Å². The fourth-order valence-electron chi connectivity index (χ4n) is 2.62. The summed E-state index contributed by atoms with van der Waals surface area (Å²) in [6, 6.07) is 4.88. The van der Waals surface area contributed by atoms with Crippen molar-refractivity contribution in [1.29, 1.82) is 0 Å². The number of benzene rings is 1. The zero-order valence-electron chi connectivity index (χ0n) is 15.6. The van der Waals surface area contributed by atoms with Gasteiger partial charge in [0.05, 0.1) is 16.4 Å². The van der Waals surface area contributed by atoms with Gasteiger partial charge < -0.3 is 10.6 Å². The Morgan fingerprint density at radius 1 is 1.10 bits per heavy atom. The van der Waals surface area contributed by atoms with E-state index in [-0.39, 0.29) is 48.5 Å². The summed E-state index contributed by atoms with van der Waals surface area (Å²) in [5.74, 6) is -0.940. The minimum atomic E-state index is -3.80. The Hall–Kier alpha value is -1.74. The molecular weight excluding hydrogens is 473 g/mol. The summed E-state index contributed by atoms with van der Waals surface area (Å²) in [6.45, 7) is 0.789. The van der Waals surface area contributed by atoms with Crippen molar-refractivity contribution in [3.05, 3.63) is 30.1 Å². The van der Waals surface area contributed by atoms with E-state index >= 15 is 0 Å². The minimum Gasteiger partial charge on any atom is -0.369 e. The van der Waals surface area contributed by atoms with Crippen molar-refractivity contribution in [2.24, 2.45) is 5.73 Å². The minimum absolute atomic E-state index is 0.0980. The van der Waals surface area contributed by atoms with Crippen LogP contribution < -0.4 is 5.73 Å². The number of sulfonamides is 1. The molecule has 1 aliphatic rings. The number of hydrogen-bond donors (Lipinski definition) is 1. The first-order chi connectivity index (χ1) is 14.3. The molecule has 0 spiro atoms. The summed E-state index contributed by atoms with van der Waals surface area (Å²) in [5, 5.41) is 7.89. The Balaban J connectivity index is 1.49. The average Bonchev–Trinajstić information content (AvgIpc) is 3.18. The molecule has 0 aliphatic carbocycles. The molecule has 2 amide bonds. The molecule has 1 aromatic heterocycles. The lowest BCUT2D eigenvalue weighted by atomic mass is 10.3. The highest BCUT2D eigenvalue weighted by Gasteiger charge is 2.30. The van der Waals surface area contributed by atoms with Crippen LogP contribution in [0.15, 0.2) is 37.8 Å². The number of halogens is 1. The average molecular weight is 492 g/mol. The third kappa shape index (κ3) is 5.91. The van der Waals surface area contributed by atoms with Gasteiger partial charge in [-0.2, -0.15) is 4.31 Å². The number of primary amides is 1. The third-order valence-electron chi connectivity index (χ3n) is 4.07. The molecule has 0 atom stereocenters. The second-order valence-electron chi connectivity index (χ2n) is 6.12. The zero-order chi connectivity index (χ0) is 21.7. The van der Waals surface area contributed by atoms with Crippen molar-refractivity contribution < 1.29 is 22.4 Å². The zero-order valence-corrected chi connectivity index (χ0v) is 18.8. The number of thioether (sulfide) groups is 2. The van der Waals surface area contributed by atoms with Crippen molar-refractivity contribution in [2.45, 2.75) is 13.6 Å². The smallest absolute Gasteiger partial charge is 0.243 e. The molecule has 162 valence electrons. The van der Waals surface area contributed by atoms with Crippen LogP contribution in [0.25, 0.3) is 0 Å². The van der Waals surface area contributed by atoms with E-state index in [1.54, 1.807) is 4.90 Å². The number of aromatic nitrogens is 2. The van der Waals surface area contributed by atoms with E-state index in [0.29, 0.717) is 8.68 Å². The highest BCUT2D eigenvalue weighted by molar-refractivity contribution is 8.03. The molecule has 30 heavy (non-hydrogen) atoms. The third-order valence-corrected chi connectivity index (χ3v) is 9.16. The van der Waals surface area contributed by atoms with Gasteiger partial charge in [0.1, 0.15) is 5.82 Å². The van der Waals surface area contributed by atoms with Crippen LogP contribution >= 0.6 is 34.9 Å². The van der Waals surface area contributed by atoms with E-state index in [1.165, 1.54) is 57.4 Å². The van der Waals surface area contributed by atoms with Crippen LogP contribution in [0, 0.1) is 5.82 Å². The van der Waals surface area contributed by atoms with Crippen LogP contribution in [0.2, 0.25) is 0 Å². The summed E-state index contributed by atoms with van der Waals surface area (Å²) < 4.78 is 41.1. The highest BCUT2D eigenvalue weighted by atomic mass is 32.2. The van der Waals surface area contributed by atoms with E-state index in [2.05, 4.69) is 10.2 Å². The van der Waals surface area contributed by atoms with Gasteiger partial charge in [-0.1, -0.05) is 40.9 Å². The lowest BCUT2D eigenvalue weighted by Gasteiger charge is -2.34. The molecule has 2 N–H and O–H groups in total. The molecule has 3 rings (SSSR count). The van der Waals surface area contributed by atoms with Crippen LogP contribution in [-0.4, -0.2) is 77.3 Å². The standard InChI is InChI=1S/C16H18FN5O4S4/c17-11-2-1-3-12(8-11)30(25,26)22-6-4-21(5-7-22)14(24)10-28-16-20-19-15(29-16)27-9-13(18)23/h1-3,8H,4-7,9-10H2,(H2,18,23). The molecule has 9 nitrogen and oxygen atoms in total. The maximum absolute atomic E-state index is 13.4. The van der Waals surface area contributed by atoms with Crippen LogP contribution in [0.1, 0.15) is 0 Å². The highest BCUT2D eigenvalue weighted by Crippen LogP contribution is 2.29. The monoisotopic (exact) mass is 491 g/mol. The van der Waals surface area contributed by atoms with Crippen LogP contribution in [0.4, 0.5) is 4.39 Å². The van der Waals surface area contributed by atoms with Gasteiger partial charge >= 0.3 is 0 Å². The number of hydrogen-bond acceptors (Lipinski definition) is 9. The van der Waals surface area contributed by atoms with Gasteiger partial charge in [0, 0.05) is 26.2 Å². The van der Waals surface area contributed by atoms with Gasteiger partial charge in [-0.05, 0) is 18.2 Å². The Morgan fingerprint density at radius 2 is 1.73 bits per heavy atom. The van der Waals surface area contributed by atoms with Gasteiger partial charge in [-0.3, -0.25) is 9.59 Å². The van der Waals surface area contributed by atoms with Crippen molar-refractivity contribution in [2.75, 3.05) is 37.7 Å². The number of carbonyl (C=O) groups excluding carboxylic acids is 2. The Morgan fingerprint density at radius 3 is 2.33 bits per heavy atom. The molecular formula is C16H18FN5O4S4. The van der Waals surface area contributed by atoms with Gasteiger partial charge in [-0.15, -0.1) is 10.2 Å². The van der Waals surface area contributed by atoms with E-state index in [4.69, 9.17) is 5.73 Å². The molecule has 14 heteroatoms. The quantitative estimate of drug-likeness (QED) is 0.539. The van der Waals surface area contributed by atoms with Gasteiger partial charge in [-0.25, -0.2) is 12.8 Å². The number of amides is 2. The summed E-state index contributed by atoms with van der Waals surface area (Å²) in [5.41, 5.74) is 5.09. The topological polar surface area (TPSA) is 127 Å². The van der Waals surface area contributed by atoms with E-state index in [9.17, 15) is 22.4 Å². The second kappa shape index (κ2) is 10.0. The molecule has 0 bridgehead atoms. The number of nitrogens with two attached hydrogens (primary N) is 1. The summed E-state index contributed by atoms with van der Waals surface area (Å²) in [6.07, 6.45) is 0. The first-order valence-electron chi connectivity index (χ1n) is 8.66. The molecule has 0 saturated carbocycles. The van der Waals surface area contributed by atoms with Crippen molar-refractivity contribution in [3.63, 3.8) is 0 Å². The normalized spacial score (nSPS) is 15.3. The fourth-order valence-corrected chi connectivity index (χ4v) is 6.73. The fraction of sp³-hybridized carbons (Fsp3) is 0.375. The molecule has 1 aliphatic heterocycles. The van der Waals surface area contributed by atoms with E-state index in [1.807, 2.05) is 0 Å². The Kier molecular flexibility index (Phi) is 7.68. The first kappa shape index (κ1) is 22.9. The van der Waals surface area contributed by atoms with Crippen molar-refractivity contribution in [1.82, 2.24) is 19.4 Å². The maximum Gasteiger partial charge on any atom is 0.243 e. The summed E-state index contributed by atoms with van der Waals surface area (Å²) in [4.78, 5) is 24.7. The molecule has 2 heterocycles. The van der Waals surface area contributed by atoms with E-state index in [0.717, 1.165) is 6.07 Å². The Bertz CT molecular complexity index is 1020. The predicted octanol–water partition coefficient (Wildman–Crippen LogP) is 0.880. The van der Waals surface area contributed by atoms with E-state index < -0.39 is 21.7 Å². The number of carbonyl (C=O) groups is 2. The summed E-state index contributed by atoms with van der Waals surface area (Å²) >= 11 is 3.69. The van der Waals surface area contributed by atoms with Crippen LogP contribution in [0.3, 0.4) is 0 Å². The molecule has 0 radical (unpaired) electrons. The largest absolute Gasteiger partial charge is 0.369 e. The summed E-state index contributed by atoms with van der Waals surface area (Å²) in [7, 11) is -3.80. The van der Waals surface area contributed by atoms with Crippen LogP contribution in [0.5, 0.6) is 0 Å². The lowest BCUT2D eigenvalue weighted by Crippen LogP contribution is -2.50. The van der Waals surface area contributed by atoms with Crippen molar-refractivity contribution >= 4 is 56.7 Å².